The third kappa shape index (κ3) is 2.75. The normalized spacial score (nSPS) is 32.9. The molecular weight excluding hydrogens is 252 g/mol. The summed E-state index contributed by atoms with van der Waals surface area (Å²) in [6, 6.07) is 2.31. The molecule has 0 amide bonds. The number of thiophene rings is 1. The molecule has 1 saturated carbocycles. The van der Waals surface area contributed by atoms with Gasteiger partial charge in [0.2, 0.25) is 0 Å². The van der Waals surface area contributed by atoms with Crippen molar-refractivity contribution in [2.24, 2.45) is 17.8 Å². The molecule has 0 bridgehead atoms. The molecule has 2 aliphatic carbocycles. The molecule has 0 spiro atoms. The zero-order valence-corrected chi connectivity index (χ0v) is 13.0. The Hall–Kier alpha value is -0.340. The van der Waals surface area contributed by atoms with Gasteiger partial charge in [-0.05, 0) is 67.9 Å². The van der Waals surface area contributed by atoms with Crippen molar-refractivity contribution in [2.45, 2.75) is 64.9 Å². The van der Waals surface area contributed by atoms with E-state index in [2.05, 4.69) is 19.9 Å². The third-order valence-electron chi connectivity index (χ3n) is 5.39. The lowest BCUT2D eigenvalue weighted by Gasteiger charge is -2.34. The van der Waals surface area contributed by atoms with Gasteiger partial charge in [-0.25, -0.2) is 0 Å². The molecule has 1 N–H and O–H groups in total. The van der Waals surface area contributed by atoms with Crippen LogP contribution in [0, 0.1) is 17.8 Å². The van der Waals surface area contributed by atoms with E-state index in [0.29, 0.717) is 5.92 Å². The van der Waals surface area contributed by atoms with Gasteiger partial charge in [0.25, 0.3) is 0 Å². The molecular formula is C17H26OS. The van der Waals surface area contributed by atoms with E-state index in [1.54, 1.807) is 4.88 Å². The fraction of sp³-hybridized carbons (Fsp3) is 0.765. The number of rotatable bonds is 2. The average Bonchev–Trinajstić information content (AvgIpc) is 2.85. The lowest BCUT2D eigenvalue weighted by molar-refractivity contribution is 0.0585. The van der Waals surface area contributed by atoms with Crippen LogP contribution in [0.4, 0.5) is 0 Å². The molecule has 0 saturated heterocycles. The highest BCUT2D eigenvalue weighted by Gasteiger charge is 2.31. The minimum Gasteiger partial charge on any atom is -0.387 e. The molecule has 4 atom stereocenters. The van der Waals surface area contributed by atoms with E-state index in [4.69, 9.17) is 0 Å². The zero-order chi connectivity index (χ0) is 13.4. The minimum absolute atomic E-state index is 0.203. The van der Waals surface area contributed by atoms with Crippen molar-refractivity contribution in [1.82, 2.24) is 0 Å². The summed E-state index contributed by atoms with van der Waals surface area (Å²) >= 11 is 1.89. The van der Waals surface area contributed by atoms with E-state index in [9.17, 15) is 5.11 Å². The molecule has 0 aromatic carbocycles. The van der Waals surface area contributed by atoms with E-state index in [1.165, 1.54) is 55.4 Å². The molecule has 19 heavy (non-hydrogen) atoms. The van der Waals surface area contributed by atoms with Crippen molar-refractivity contribution in [3.05, 3.63) is 21.4 Å². The van der Waals surface area contributed by atoms with Gasteiger partial charge in [-0.2, -0.15) is 0 Å². The van der Waals surface area contributed by atoms with Gasteiger partial charge in [-0.3, -0.25) is 0 Å². The Morgan fingerprint density at radius 2 is 1.95 bits per heavy atom. The lowest BCUT2D eigenvalue weighted by atomic mass is 9.73. The molecule has 1 aromatic rings. The number of aliphatic hydroxyl groups excluding tert-OH is 1. The van der Waals surface area contributed by atoms with Crippen LogP contribution in [-0.2, 0) is 12.8 Å². The second kappa shape index (κ2) is 5.57. The summed E-state index contributed by atoms with van der Waals surface area (Å²) in [5.74, 6) is 2.09. The highest BCUT2D eigenvalue weighted by Crippen LogP contribution is 2.42. The number of fused-ring (bicyclic) bond motifs is 1. The van der Waals surface area contributed by atoms with Gasteiger partial charge in [-0.15, -0.1) is 11.3 Å². The lowest BCUT2D eigenvalue weighted by Crippen LogP contribution is -2.24. The predicted octanol–water partition coefficient (Wildman–Crippen LogP) is 4.73. The number of hydrogen-bond acceptors (Lipinski definition) is 2. The molecule has 1 nitrogen and oxygen atoms in total. The predicted molar refractivity (Wildman–Crippen MR) is 81.6 cm³/mol. The summed E-state index contributed by atoms with van der Waals surface area (Å²) in [5.41, 5.74) is 1.53. The molecule has 0 radical (unpaired) electrons. The van der Waals surface area contributed by atoms with Crippen molar-refractivity contribution in [3.8, 4) is 0 Å². The van der Waals surface area contributed by atoms with Gasteiger partial charge in [0.05, 0.1) is 6.10 Å². The van der Waals surface area contributed by atoms with E-state index in [1.807, 2.05) is 11.3 Å². The molecule has 2 heteroatoms. The Balaban J connectivity index is 1.73. The van der Waals surface area contributed by atoms with E-state index >= 15 is 0 Å². The van der Waals surface area contributed by atoms with Crippen LogP contribution in [0.3, 0.4) is 0 Å². The van der Waals surface area contributed by atoms with Crippen molar-refractivity contribution >= 4 is 11.3 Å². The highest BCUT2D eigenvalue weighted by atomic mass is 32.1. The van der Waals surface area contributed by atoms with Crippen LogP contribution < -0.4 is 0 Å². The highest BCUT2D eigenvalue weighted by molar-refractivity contribution is 7.12. The maximum absolute atomic E-state index is 10.7. The summed E-state index contributed by atoms with van der Waals surface area (Å²) in [7, 11) is 0. The second-order valence-electron chi connectivity index (χ2n) is 6.78. The molecule has 2 aliphatic rings. The maximum atomic E-state index is 10.7. The van der Waals surface area contributed by atoms with Crippen molar-refractivity contribution in [1.29, 1.82) is 0 Å². The average molecular weight is 278 g/mol. The Kier molecular flexibility index (Phi) is 4.00. The molecule has 0 aliphatic heterocycles. The van der Waals surface area contributed by atoms with Crippen LogP contribution in [0.25, 0.3) is 0 Å². The Bertz CT molecular complexity index is 413. The van der Waals surface area contributed by atoms with Crippen molar-refractivity contribution in [2.75, 3.05) is 0 Å². The minimum atomic E-state index is -0.203. The second-order valence-corrected chi connectivity index (χ2v) is 7.95. The summed E-state index contributed by atoms with van der Waals surface area (Å²) in [5, 5.41) is 10.7. The molecule has 3 rings (SSSR count). The smallest absolute Gasteiger partial charge is 0.0910 e. The van der Waals surface area contributed by atoms with Crippen LogP contribution >= 0.6 is 11.3 Å². The largest absolute Gasteiger partial charge is 0.387 e. The third-order valence-corrected chi connectivity index (χ3v) is 6.70. The Morgan fingerprint density at radius 3 is 2.68 bits per heavy atom. The fourth-order valence-electron chi connectivity index (χ4n) is 3.77. The first kappa shape index (κ1) is 13.6. The van der Waals surface area contributed by atoms with Crippen LogP contribution in [-0.4, -0.2) is 5.11 Å². The molecule has 4 unspecified atom stereocenters. The van der Waals surface area contributed by atoms with Gasteiger partial charge in [0, 0.05) is 9.75 Å². The zero-order valence-electron chi connectivity index (χ0n) is 12.2. The first-order valence-electron chi connectivity index (χ1n) is 7.94. The molecule has 106 valence electrons. The van der Waals surface area contributed by atoms with E-state index in [-0.39, 0.29) is 6.10 Å². The first-order chi connectivity index (χ1) is 9.15. The molecule has 1 heterocycles. The van der Waals surface area contributed by atoms with Gasteiger partial charge in [-0.1, -0.05) is 20.3 Å². The number of aliphatic hydroxyl groups is 1. The van der Waals surface area contributed by atoms with E-state index in [0.717, 1.165) is 11.8 Å². The van der Waals surface area contributed by atoms with Gasteiger partial charge >= 0.3 is 0 Å². The van der Waals surface area contributed by atoms with Crippen molar-refractivity contribution < 1.29 is 5.11 Å². The van der Waals surface area contributed by atoms with Gasteiger partial charge < -0.3 is 5.11 Å². The molecule has 1 fully saturated rings. The van der Waals surface area contributed by atoms with Crippen LogP contribution in [0.15, 0.2) is 6.07 Å². The topological polar surface area (TPSA) is 20.2 Å². The number of hydrogen-bond donors (Lipinski definition) is 1. The number of aryl methyl sites for hydroxylation is 2. The summed E-state index contributed by atoms with van der Waals surface area (Å²) in [4.78, 5) is 2.80. The summed E-state index contributed by atoms with van der Waals surface area (Å²) in [6.07, 6.45) is 8.62. The van der Waals surface area contributed by atoms with Crippen molar-refractivity contribution in [3.63, 3.8) is 0 Å². The van der Waals surface area contributed by atoms with Gasteiger partial charge in [0.1, 0.15) is 0 Å². The van der Waals surface area contributed by atoms with Crippen LogP contribution in [0.5, 0.6) is 0 Å². The Morgan fingerprint density at radius 1 is 1.16 bits per heavy atom. The van der Waals surface area contributed by atoms with E-state index < -0.39 is 0 Å². The first-order valence-corrected chi connectivity index (χ1v) is 8.76. The monoisotopic (exact) mass is 278 g/mol. The molecule has 1 aromatic heterocycles. The van der Waals surface area contributed by atoms with Gasteiger partial charge in [0.15, 0.2) is 0 Å². The van der Waals surface area contributed by atoms with Crippen LogP contribution in [0.1, 0.15) is 67.4 Å². The summed E-state index contributed by atoms with van der Waals surface area (Å²) < 4.78 is 0. The SMILES string of the molecule is CC1CCC(C(O)c2cc3c(s2)CCCC3)CC1C. The standard InChI is InChI=1S/C17H26OS/c1-11-7-8-14(9-12(11)2)17(18)16-10-13-5-3-4-6-15(13)19-16/h10-12,14,17-18H,3-9H2,1-2H3. The Labute approximate surface area is 121 Å². The summed E-state index contributed by atoms with van der Waals surface area (Å²) in [6.45, 7) is 4.71. The quantitative estimate of drug-likeness (QED) is 0.829. The van der Waals surface area contributed by atoms with Crippen LogP contribution in [0.2, 0.25) is 0 Å². The maximum Gasteiger partial charge on any atom is 0.0910 e. The fourth-order valence-corrected chi connectivity index (χ4v) is 5.11.